The normalized spacial score (nSPS) is 15.0. The molecule has 1 aliphatic rings. The number of ether oxygens (including phenoxy) is 4. The molecule has 2 aromatic rings. The summed E-state index contributed by atoms with van der Waals surface area (Å²) in [7, 11) is 3.10. The van der Waals surface area contributed by atoms with Crippen LogP contribution in [0.1, 0.15) is 10.4 Å². The number of carbonyl (C=O) groups is 2. The molecule has 1 aromatic carbocycles. The predicted octanol–water partition coefficient (Wildman–Crippen LogP) is 1.55. The van der Waals surface area contributed by atoms with Gasteiger partial charge in [0.15, 0.2) is 24.2 Å². The highest BCUT2D eigenvalue weighted by atomic mass is 16.6. The van der Waals surface area contributed by atoms with E-state index in [1.54, 1.807) is 13.1 Å². The Morgan fingerprint density at radius 3 is 2.70 bits per heavy atom. The van der Waals surface area contributed by atoms with Crippen molar-refractivity contribution in [3.05, 3.63) is 48.2 Å². The lowest BCUT2D eigenvalue weighted by Gasteiger charge is -2.29. The van der Waals surface area contributed by atoms with E-state index in [0.717, 1.165) is 0 Å². The molecule has 0 saturated carbocycles. The van der Waals surface area contributed by atoms with E-state index >= 15 is 0 Å². The lowest BCUT2D eigenvalue weighted by molar-refractivity contribution is -0.134. The van der Waals surface area contributed by atoms with Crippen molar-refractivity contribution in [2.24, 2.45) is 0 Å². The summed E-state index contributed by atoms with van der Waals surface area (Å²) in [6.45, 7) is 0.284. The highest BCUT2D eigenvalue weighted by Gasteiger charge is 2.24. The van der Waals surface area contributed by atoms with Crippen molar-refractivity contribution in [1.82, 2.24) is 9.88 Å². The number of rotatable bonds is 6. The number of hydrogen-bond donors (Lipinski definition) is 0. The van der Waals surface area contributed by atoms with E-state index in [0.29, 0.717) is 30.5 Å². The van der Waals surface area contributed by atoms with Crippen LogP contribution in [0.3, 0.4) is 0 Å². The number of benzene rings is 1. The fourth-order valence-electron chi connectivity index (χ4n) is 2.50. The Morgan fingerprint density at radius 2 is 2.00 bits per heavy atom. The van der Waals surface area contributed by atoms with Crippen molar-refractivity contribution in [2.75, 3.05) is 33.9 Å². The fraction of sp³-hybridized carbons (Fsp3) is 0.316. The molecular formula is C19H20N2O6. The zero-order valence-corrected chi connectivity index (χ0v) is 15.1. The molecule has 3 rings (SSSR count). The molecule has 0 saturated heterocycles. The molecule has 8 nitrogen and oxygen atoms in total. The molecule has 0 fully saturated rings. The molecule has 1 aliphatic heterocycles. The van der Waals surface area contributed by atoms with E-state index in [4.69, 9.17) is 18.9 Å². The number of hydrogen-bond acceptors (Lipinski definition) is 7. The molecule has 1 amide bonds. The van der Waals surface area contributed by atoms with Crippen LogP contribution in [0.25, 0.3) is 0 Å². The van der Waals surface area contributed by atoms with E-state index in [2.05, 4.69) is 4.98 Å². The zero-order chi connectivity index (χ0) is 19.2. The molecule has 1 unspecified atom stereocenters. The average Bonchev–Trinajstić information content (AvgIpc) is 2.71. The highest BCUT2D eigenvalue weighted by Crippen LogP contribution is 2.30. The van der Waals surface area contributed by atoms with Crippen LogP contribution < -0.4 is 14.2 Å². The molecule has 0 N–H and O–H groups in total. The number of pyridine rings is 1. The summed E-state index contributed by atoms with van der Waals surface area (Å²) in [4.78, 5) is 29.6. The van der Waals surface area contributed by atoms with Crippen LogP contribution in [0.5, 0.6) is 17.4 Å². The van der Waals surface area contributed by atoms with Gasteiger partial charge in [0.05, 0.1) is 19.2 Å². The third-order valence-electron chi connectivity index (χ3n) is 3.98. The summed E-state index contributed by atoms with van der Waals surface area (Å²) in [5.41, 5.74) is 0.242. The quantitative estimate of drug-likeness (QED) is 0.711. The molecule has 1 aromatic heterocycles. The van der Waals surface area contributed by atoms with Crippen molar-refractivity contribution in [3.8, 4) is 17.4 Å². The van der Waals surface area contributed by atoms with Gasteiger partial charge in [0.25, 0.3) is 5.91 Å². The minimum absolute atomic E-state index is 0.242. The Bertz CT molecular complexity index is 808. The Kier molecular flexibility index (Phi) is 5.75. The lowest BCUT2D eigenvalue weighted by Crippen LogP contribution is -2.43. The molecule has 0 aliphatic carbocycles. The maximum Gasteiger partial charge on any atom is 0.340 e. The number of aromatic nitrogens is 1. The second-order valence-electron chi connectivity index (χ2n) is 5.94. The second-order valence-corrected chi connectivity index (χ2v) is 5.94. The standard InChI is InChI=1S/C19H20N2O6/c1-21(10-14-11-25-15-5-3-4-6-16(15)27-14)18(22)12-26-19(23)13-7-8-17(24-2)20-9-13/h3-9,14H,10-12H2,1-2H3. The van der Waals surface area contributed by atoms with Gasteiger partial charge >= 0.3 is 5.97 Å². The molecule has 27 heavy (non-hydrogen) atoms. The smallest absolute Gasteiger partial charge is 0.340 e. The third kappa shape index (κ3) is 4.66. The minimum Gasteiger partial charge on any atom is -0.486 e. The number of methoxy groups -OCH3 is 1. The number of para-hydroxylation sites is 2. The van der Waals surface area contributed by atoms with Gasteiger partial charge in [-0.1, -0.05) is 12.1 Å². The van der Waals surface area contributed by atoms with Gasteiger partial charge in [-0.15, -0.1) is 0 Å². The van der Waals surface area contributed by atoms with Crippen molar-refractivity contribution < 1.29 is 28.5 Å². The largest absolute Gasteiger partial charge is 0.486 e. The van der Waals surface area contributed by atoms with Crippen LogP contribution >= 0.6 is 0 Å². The Labute approximate surface area is 156 Å². The van der Waals surface area contributed by atoms with Gasteiger partial charge in [-0.3, -0.25) is 4.79 Å². The SMILES string of the molecule is COc1ccc(C(=O)OCC(=O)N(C)CC2COc3ccccc3O2)cn1. The Balaban J connectivity index is 1.47. The van der Waals surface area contributed by atoms with Crippen LogP contribution in [-0.4, -0.2) is 61.8 Å². The highest BCUT2D eigenvalue weighted by molar-refractivity contribution is 5.91. The first-order valence-electron chi connectivity index (χ1n) is 8.36. The average molecular weight is 372 g/mol. The zero-order valence-electron chi connectivity index (χ0n) is 15.1. The van der Waals surface area contributed by atoms with E-state index in [-0.39, 0.29) is 24.2 Å². The molecular weight excluding hydrogens is 352 g/mol. The van der Waals surface area contributed by atoms with Gasteiger partial charge in [0.1, 0.15) is 6.61 Å². The Hall–Kier alpha value is -3.29. The summed E-state index contributed by atoms with van der Waals surface area (Å²) >= 11 is 0. The predicted molar refractivity (Wildman–Crippen MR) is 95.1 cm³/mol. The second kappa shape index (κ2) is 8.39. The monoisotopic (exact) mass is 372 g/mol. The Morgan fingerprint density at radius 1 is 1.22 bits per heavy atom. The van der Waals surface area contributed by atoms with Gasteiger partial charge < -0.3 is 23.8 Å². The minimum atomic E-state index is -0.627. The van der Waals surface area contributed by atoms with Crippen molar-refractivity contribution in [3.63, 3.8) is 0 Å². The number of likely N-dealkylation sites (N-methyl/N-ethyl adjacent to an activating group) is 1. The molecule has 142 valence electrons. The molecule has 2 heterocycles. The number of fused-ring (bicyclic) bond motifs is 1. The van der Waals surface area contributed by atoms with E-state index < -0.39 is 5.97 Å². The maximum atomic E-state index is 12.2. The van der Waals surface area contributed by atoms with Crippen LogP contribution in [0.4, 0.5) is 0 Å². The van der Waals surface area contributed by atoms with Crippen molar-refractivity contribution in [1.29, 1.82) is 0 Å². The summed E-state index contributed by atoms with van der Waals surface area (Å²) in [5.74, 6) is 0.752. The van der Waals surface area contributed by atoms with Gasteiger partial charge in [-0.05, 0) is 18.2 Å². The third-order valence-corrected chi connectivity index (χ3v) is 3.98. The lowest BCUT2D eigenvalue weighted by atomic mass is 10.2. The topological polar surface area (TPSA) is 87.2 Å². The molecule has 8 heteroatoms. The molecule has 1 atom stereocenters. The first kappa shape index (κ1) is 18.5. The number of amides is 1. The van der Waals surface area contributed by atoms with Gasteiger partial charge in [0.2, 0.25) is 5.88 Å². The maximum absolute atomic E-state index is 12.2. The van der Waals surface area contributed by atoms with Crippen LogP contribution in [0.2, 0.25) is 0 Å². The summed E-state index contributed by atoms with van der Waals surface area (Å²) < 4.78 is 21.4. The fourth-order valence-corrected chi connectivity index (χ4v) is 2.50. The molecule has 0 spiro atoms. The van der Waals surface area contributed by atoms with E-state index in [9.17, 15) is 9.59 Å². The van der Waals surface area contributed by atoms with Gasteiger partial charge in [-0.25, -0.2) is 9.78 Å². The first-order chi connectivity index (χ1) is 13.1. The van der Waals surface area contributed by atoms with Crippen LogP contribution in [0.15, 0.2) is 42.6 Å². The summed E-state index contributed by atoms with van der Waals surface area (Å²) in [5, 5.41) is 0. The van der Waals surface area contributed by atoms with Crippen LogP contribution in [-0.2, 0) is 9.53 Å². The molecule has 0 radical (unpaired) electrons. The van der Waals surface area contributed by atoms with Crippen molar-refractivity contribution in [2.45, 2.75) is 6.10 Å². The van der Waals surface area contributed by atoms with E-state index in [1.807, 2.05) is 24.3 Å². The summed E-state index contributed by atoms with van der Waals surface area (Å²) in [6.07, 6.45) is 1.04. The van der Waals surface area contributed by atoms with Crippen LogP contribution in [0, 0.1) is 0 Å². The molecule has 0 bridgehead atoms. The van der Waals surface area contributed by atoms with E-state index in [1.165, 1.54) is 24.3 Å². The number of nitrogens with zero attached hydrogens (tertiary/aromatic N) is 2. The van der Waals surface area contributed by atoms with Gasteiger partial charge in [-0.2, -0.15) is 0 Å². The van der Waals surface area contributed by atoms with Crippen molar-refractivity contribution >= 4 is 11.9 Å². The summed E-state index contributed by atoms with van der Waals surface area (Å²) in [6, 6.07) is 10.4. The number of carbonyl (C=O) groups excluding carboxylic acids is 2. The first-order valence-corrected chi connectivity index (χ1v) is 8.36. The van der Waals surface area contributed by atoms with Gasteiger partial charge in [0, 0.05) is 19.3 Å². The number of esters is 1.